The molecule has 0 aliphatic carbocycles. The van der Waals surface area contributed by atoms with Gasteiger partial charge >= 0.3 is 0 Å². The fraction of sp³-hybridized carbons (Fsp3) is 0.0667. The predicted molar refractivity (Wildman–Crippen MR) is 79.4 cm³/mol. The zero-order valence-corrected chi connectivity index (χ0v) is 11.4. The number of nitrogens with one attached hydrogen (secondary N) is 1. The summed E-state index contributed by atoms with van der Waals surface area (Å²) < 4.78 is 5.15. The Morgan fingerprint density at radius 3 is 2.75 bits per heavy atom. The van der Waals surface area contributed by atoms with E-state index in [0.29, 0.717) is 21.9 Å². The summed E-state index contributed by atoms with van der Waals surface area (Å²) in [5.41, 5.74) is 1.29. The minimum atomic E-state index is -0.246. The standard InChI is InChI=1S/C15H11ClN2O2/c1-20-11-5-6-12-13(8-11)15(19)18-17-14(12)9-3-2-4-10(16)7-9/h2-8H,1H3,(H,18,19). The molecular weight excluding hydrogens is 276 g/mol. The fourth-order valence-electron chi connectivity index (χ4n) is 2.13. The van der Waals surface area contributed by atoms with Crippen molar-refractivity contribution in [1.29, 1.82) is 0 Å². The van der Waals surface area contributed by atoms with Crippen LogP contribution in [0.4, 0.5) is 0 Å². The summed E-state index contributed by atoms with van der Waals surface area (Å²) in [5.74, 6) is 0.631. The fourth-order valence-corrected chi connectivity index (χ4v) is 2.32. The van der Waals surface area contributed by atoms with Crippen molar-refractivity contribution in [2.45, 2.75) is 0 Å². The van der Waals surface area contributed by atoms with Gasteiger partial charge in [-0.2, -0.15) is 5.10 Å². The van der Waals surface area contributed by atoms with Gasteiger partial charge in [-0.25, -0.2) is 5.10 Å². The zero-order chi connectivity index (χ0) is 14.1. The van der Waals surface area contributed by atoms with Crippen LogP contribution in [-0.2, 0) is 0 Å². The van der Waals surface area contributed by atoms with Crippen LogP contribution >= 0.6 is 11.6 Å². The molecule has 0 saturated carbocycles. The Hall–Kier alpha value is -2.33. The molecule has 0 unspecified atom stereocenters. The molecule has 20 heavy (non-hydrogen) atoms. The number of H-pyrrole nitrogens is 1. The second kappa shape index (κ2) is 4.98. The second-order valence-electron chi connectivity index (χ2n) is 4.32. The number of aromatic amines is 1. The molecule has 5 heteroatoms. The topological polar surface area (TPSA) is 55.0 Å². The molecule has 1 heterocycles. The van der Waals surface area contributed by atoms with Crippen LogP contribution < -0.4 is 10.3 Å². The maximum Gasteiger partial charge on any atom is 0.272 e. The molecule has 4 nitrogen and oxygen atoms in total. The molecule has 0 aliphatic heterocycles. The Labute approximate surface area is 120 Å². The first-order valence-corrected chi connectivity index (χ1v) is 6.39. The monoisotopic (exact) mass is 286 g/mol. The van der Waals surface area contributed by atoms with Crippen molar-refractivity contribution in [2.24, 2.45) is 0 Å². The van der Waals surface area contributed by atoms with Gasteiger partial charge in [-0.05, 0) is 30.3 Å². The molecule has 3 aromatic rings. The van der Waals surface area contributed by atoms with Gasteiger partial charge in [0.25, 0.3) is 5.56 Å². The molecule has 1 N–H and O–H groups in total. The summed E-state index contributed by atoms with van der Waals surface area (Å²) >= 11 is 6.01. The molecule has 1 aromatic heterocycles. The summed E-state index contributed by atoms with van der Waals surface area (Å²) in [6, 6.07) is 12.7. The van der Waals surface area contributed by atoms with E-state index in [2.05, 4.69) is 10.2 Å². The van der Waals surface area contributed by atoms with Crippen molar-refractivity contribution < 1.29 is 4.74 Å². The largest absolute Gasteiger partial charge is 0.497 e. The highest BCUT2D eigenvalue weighted by Gasteiger charge is 2.10. The van der Waals surface area contributed by atoms with Crippen molar-refractivity contribution in [1.82, 2.24) is 10.2 Å². The van der Waals surface area contributed by atoms with E-state index in [0.717, 1.165) is 10.9 Å². The number of fused-ring (bicyclic) bond motifs is 1. The first kappa shape index (κ1) is 12.7. The van der Waals surface area contributed by atoms with Crippen LogP contribution in [0.25, 0.3) is 22.0 Å². The quantitative estimate of drug-likeness (QED) is 0.787. The van der Waals surface area contributed by atoms with E-state index in [1.165, 1.54) is 0 Å². The van der Waals surface area contributed by atoms with E-state index < -0.39 is 0 Å². The third kappa shape index (κ3) is 2.14. The summed E-state index contributed by atoms with van der Waals surface area (Å²) in [6.45, 7) is 0. The van der Waals surface area contributed by atoms with Crippen molar-refractivity contribution in [3.8, 4) is 17.0 Å². The van der Waals surface area contributed by atoms with E-state index >= 15 is 0 Å². The maximum atomic E-state index is 11.9. The Kier molecular flexibility index (Phi) is 3.16. The molecule has 0 atom stereocenters. The molecule has 0 bridgehead atoms. The number of ether oxygens (including phenoxy) is 1. The van der Waals surface area contributed by atoms with Crippen LogP contribution in [0.5, 0.6) is 5.75 Å². The number of nitrogens with zero attached hydrogens (tertiary/aromatic N) is 1. The van der Waals surface area contributed by atoms with E-state index in [1.807, 2.05) is 24.3 Å². The molecule has 3 rings (SSSR count). The van der Waals surface area contributed by atoms with Crippen LogP contribution in [0.15, 0.2) is 47.3 Å². The highest BCUT2D eigenvalue weighted by atomic mass is 35.5. The predicted octanol–water partition coefficient (Wildman–Crippen LogP) is 3.25. The number of rotatable bonds is 2. The van der Waals surface area contributed by atoms with E-state index in [-0.39, 0.29) is 5.56 Å². The third-order valence-electron chi connectivity index (χ3n) is 3.09. The molecule has 0 saturated heterocycles. The molecule has 100 valence electrons. The Balaban J connectivity index is 2.32. The summed E-state index contributed by atoms with van der Waals surface area (Å²) in [4.78, 5) is 11.9. The molecule has 2 aromatic carbocycles. The van der Waals surface area contributed by atoms with Crippen LogP contribution in [0.1, 0.15) is 0 Å². The Morgan fingerprint density at radius 1 is 1.15 bits per heavy atom. The van der Waals surface area contributed by atoms with Crippen LogP contribution in [0.2, 0.25) is 5.02 Å². The molecule has 0 radical (unpaired) electrons. The second-order valence-corrected chi connectivity index (χ2v) is 4.76. The number of halogens is 1. The normalized spacial score (nSPS) is 10.7. The third-order valence-corrected chi connectivity index (χ3v) is 3.33. The van der Waals surface area contributed by atoms with Gasteiger partial charge in [0, 0.05) is 16.0 Å². The SMILES string of the molecule is COc1ccc2c(-c3cccc(Cl)c3)n[nH]c(=O)c2c1. The van der Waals surface area contributed by atoms with Crippen molar-refractivity contribution >= 4 is 22.4 Å². The Morgan fingerprint density at radius 2 is 2.00 bits per heavy atom. The van der Waals surface area contributed by atoms with Gasteiger partial charge in [-0.3, -0.25) is 4.79 Å². The average molecular weight is 287 g/mol. The molecule has 0 aliphatic rings. The van der Waals surface area contributed by atoms with E-state index in [4.69, 9.17) is 16.3 Å². The van der Waals surface area contributed by atoms with Gasteiger partial charge in [0.15, 0.2) is 0 Å². The van der Waals surface area contributed by atoms with Crippen LogP contribution in [-0.4, -0.2) is 17.3 Å². The van der Waals surface area contributed by atoms with Gasteiger partial charge in [0.1, 0.15) is 5.75 Å². The first-order valence-electron chi connectivity index (χ1n) is 6.01. The average Bonchev–Trinajstić information content (AvgIpc) is 2.47. The number of hydrogen-bond acceptors (Lipinski definition) is 3. The highest BCUT2D eigenvalue weighted by molar-refractivity contribution is 6.30. The van der Waals surface area contributed by atoms with E-state index in [9.17, 15) is 4.79 Å². The molecular formula is C15H11ClN2O2. The number of benzene rings is 2. The van der Waals surface area contributed by atoms with Crippen molar-refractivity contribution in [3.05, 3.63) is 57.8 Å². The summed E-state index contributed by atoms with van der Waals surface area (Å²) in [7, 11) is 1.56. The lowest BCUT2D eigenvalue weighted by molar-refractivity contribution is 0.415. The molecule has 0 spiro atoms. The highest BCUT2D eigenvalue weighted by Crippen LogP contribution is 2.28. The molecule has 0 amide bonds. The lowest BCUT2D eigenvalue weighted by atomic mass is 10.0. The zero-order valence-electron chi connectivity index (χ0n) is 10.7. The smallest absolute Gasteiger partial charge is 0.272 e. The Bertz CT molecular complexity index is 843. The van der Waals surface area contributed by atoms with Gasteiger partial charge in [0.2, 0.25) is 0 Å². The number of methoxy groups -OCH3 is 1. The van der Waals surface area contributed by atoms with Crippen molar-refractivity contribution in [2.75, 3.05) is 7.11 Å². The lowest BCUT2D eigenvalue weighted by Crippen LogP contribution is -2.09. The van der Waals surface area contributed by atoms with Gasteiger partial charge in [0.05, 0.1) is 18.2 Å². The van der Waals surface area contributed by atoms with Crippen LogP contribution in [0, 0.1) is 0 Å². The summed E-state index contributed by atoms with van der Waals surface area (Å²) in [5, 5.41) is 8.56. The molecule has 0 fully saturated rings. The first-order chi connectivity index (χ1) is 9.69. The van der Waals surface area contributed by atoms with Gasteiger partial charge < -0.3 is 4.74 Å². The number of aromatic nitrogens is 2. The van der Waals surface area contributed by atoms with E-state index in [1.54, 1.807) is 25.3 Å². The van der Waals surface area contributed by atoms with Crippen molar-refractivity contribution in [3.63, 3.8) is 0 Å². The lowest BCUT2D eigenvalue weighted by Gasteiger charge is -2.07. The minimum Gasteiger partial charge on any atom is -0.497 e. The van der Waals surface area contributed by atoms with Gasteiger partial charge in [-0.1, -0.05) is 23.7 Å². The van der Waals surface area contributed by atoms with Crippen LogP contribution in [0.3, 0.4) is 0 Å². The minimum absolute atomic E-state index is 0.246. The summed E-state index contributed by atoms with van der Waals surface area (Å²) in [6.07, 6.45) is 0. The number of hydrogen-bond donors (Lipinski definition) is 1. The maximum absolute atomic E-state index is 11.9. The van der Waals surface area contributed by atoms with Gasteiger partial charge in [-0.15, -0.1) is 0 Å².